The van der Waals surface area contributed by atoms with Gasteiger partial charge in [-0.3, -0.25) is 0 Å². The fourth-order valence-electron chi connectivity index (χ4n) is 2.80. The Hall–Kier alpha value is -1.56. The molecule has 0 bridgehead atoms. The smallest absolute Gasteiger partial charge is 0.223 e. The first kappa shape index (κ1) is 15.3. The van der Waals surface area contributed by atoms with E-state index in [0.717, 1.165) is 5.56 Å². The van der Waals surface area contributed by atoms with Gasteiger partial charge in [0.05, 0.1) is 5.60 Å². The van der Waals surface area contributed by atoms with Crippen LogP contribution >= 0.6 is 23.2 Å². The number of hydrogen-bond acceptors (Lipinski definition) is 5. The summed E-state index contributed by atoms with van der Waals surface area (Å²) in [6.45, 7) is 1.27. The van der Waals surface area contributed by atoms with E-state index in [1.807, 2.05) is 23.1 Å². The van der Waals surface area contributed by atoms with E-state index in [9.17, 15) is 5.11 Å². The molecule has 0 unspecified atom stereocenters. The number of benzene rings is 1. The number of anilines is 2. The molecular weight excluding hydrogens is 323 g/mol. The molecule has 1 aliphatic heterocycles. The van der Waals surface area contributed by atoms with Gasteiger partial charge in [-0.05, 0) is 18.9 Å². The largest absolute Gasteiger partial charge is 0.385 e. The van der Waals surface area contributed by atoms with Gasteiger partial charge < -0.3 is 15.7 Å². The highest BCUT2D eigenvalue weighted by molar-refractivity contribution is 6.31. The van der Waals surface area contributed by atoms with Crippen LogP contribution in [0.25, 0.3) is 0 Å². The van der Waals surface area contributed by atoms with Crippen LogP contribution in [0.1, 0.15) is 18.4 Å². The minimum Gasteiger partial charge on any atom is -0.385 e. The first-order chi connectivity index (χ1) is 10.5. The highest BCUT2D eigenvalue weighted by Gasteiger charge is 2.35. The molecule has 1 aromatic carbocycles. The summed E-state index contributed by atoms with van der Waals surface area (Å²) in [7, 11) is 0. The predicted molar refractivity (Wildman–Crippen MR) is 88.3 cm³/mol. The van der Waals surface area contributed by atoms with Crippen molar-refractivity contribution in [1.29, 1.82) is 0 Å². The Morgan fingerprint density at radius 3 is 2.45 bits per heavy atom. The zero-order chi connectivity index (χ0) is 15.7. The number of aliphatic hydroxyl groups is 1. The van der Waals surface area contributed by atoms with Gasteiger partial charge in [-0.1, -0.05) is 41.4 Å². The van der Waals surface area contributed by atoms with Crippen molar-refractivity contribution in [3.63, 3.8) is 0 Å². The Labute approximate surface area is 138 Å². The van der Waals surface area contributed by atoms with Crippen LogP contribution in [-0.4, -0.2) is 28.2 Å². The van der Waals surface area contributed by atoms with E-state index < -0.39 is 5.60 Å². The van der Waals surface area contributed by atoms with Crippen molar-refractivity contribution in [3.8, 4) is 0 Å². The lowest BCUT2D eigenvalue weighted by molar-refractivity contribution is 0.0118. The summed E-state index contributed by atoms with van der Waals surface area (Å²) in [6, 6.07) is 9.09. The Morgan fingerprint density at radius 1 is 1.14 bits per heavy atom. The van der Waals surface area contributed by atoms with Gasteiger partial charge in [0.2, 0.25) is 5.95 Å². The second-order valence-corrected chi connectivity index (χ2v) is 6.20. The number of nitrogen functional groups attached to an aromatic ring is 1. The van der Waals surface area contributed by atoms with Crippen LogP contribution in [0.2, 0.25) is 10.2 Å². The lowest BCUT2D eigenvalue weighted by Gasteiger charge is -2.39. The van der Waals surface area contributed by atoms with Gasteiger partial charge >= 0.3 is 0 Å². The molecule has 2 aromatic rings. The van der Waals surface area contributed by atoms with Gasteiger partial charge in [0.1, 0.15) is 11.0 Å². The zero-order valence-corrected chi connectivity index (χ0v) is 13.3. The van der Waals surface area contributed by atoms with Gasteiger partial charge in [0.25, 0.3) is 0 Å². The number of piperidine rings is 1. The third-order valence-corrected chi connectivity index (χ3v) is 4.51. The molecule has 2 heterocycles. The summed E-state index contributed by atoms with van der Waals surface area (Å²) < 4.78 is 0. The van der Waals surface area contributed by atoms with Crippen LogP contribution in [0.4, 0.5) is 11.8 Å². The van der Waals surface area contributed by atoms with E-state index in [1.54, 1.807) is 12.1 Å². The van der Waals surface area contributed by atoms with Gasteiger partial charge in [-0.25, -0.2) is 4.98 Å². The fraction of sp³-hybridized carbons (Fsp3) is 0.333. The van der Waals surface area contributed by atoms with Gasteiger partial charge in [-0.15, -0.1) is 0 Å². The first-order valence-corrected chi connectivity index (χ1v) is 7.76. The first-order valence-electron chi connectivity index (χ1n) is 7.00. The van der Waals surface area contributed by atoms with E-state index in [4.69, 9.17) is 28.9 Å². The molecule has 7 heteroatoms. The van der Waals surface area contributed by atoms with Crippen LogP contribution in [0.5, 0.6) is 0 Å². The minimum atomic E-state index is -0.919. The summed E-state index contributed by atoms with van der Waals surface area (Å²) in [4.78, 5) is 10.1. The third kappa shape index (κ3) is 2.97. The summed E-state index contributed by atoms with van der Waals surface area (Å²) in [5.74, 6) is 0.827. The van der Waals surface area contributed by atoms with E-state index in [-0.39, 0.29) is 5.95 Å². The molecule has 116 valence electrons. The lowest BCUT2D eigenvalue weighted by atomic mass is 9.84. The number of nitrogens with zero attached hydrogens (tertiary/aromatic N) is 3. The summed E-state index contributed by atoms with van der Waals surface area (Å²) in [5, 5.41) is 11.8. The standard InChI is InChI=1S/C15H16Cl2N4O/c16-11-4-2-1-3-10(11)15(22)5-7-21(8-6-15)13-9-12(17)19-14(18)20-13/h1-4,9,22H,5-8H2,(H2,18,19,20). The van der Waals surface area contributed by atoms with E-state index in [1.165, 1.54) is 0 Å². The topological polar surface area (TPSA) is 75.3 Å². The molecule has 1 fully saturated rings. The number of halogens is 2. The molecule has 0 amide bonds. The number of nitrogens with two attached hydrogens (primary N) is 1. The van der Waals surface area contributed by atoms with Crippen LogP contribution in [-0.2, 0) is 5.60 Å². The van der Waals surface area contributed by atoms with Crippen molar-refractivity contribution in [2.24, 2.45) is 0 Å². The maximum Gasteiger partial charge on any atom is 0.223 e. The van der Waals surface area contributed by atoms with Gasteiger partial charge in [0, 0.05) is 29.7 Å². The Kier molecular flexibility index (Phi) is 4.12. The Bertz CT molecular complexity index is 667. The highest BCUT2D eigenvalue weighted by Crippen LogP contribution is 2.37. The van der Waals surface area contributed by atoms with Crippen LogP contribution in [0.3, 0.4) is 0 Å². The average molecular weight is 339 g/mol. The predicted octanol–water partition coefficient (Wildman–Crippen LogP) is 2.85. The molecule has 3 N–H and O–H groups in total. The summed E-state index contributed by atoms with van der Waals surface area (Å²) >= 11 is 12.1. The normalized spacial score (nSPS) is 17.5. The third-order valence-electron chi connectivity index (χ3n) is 3.99. The molecule has 0 saturated carbocycles. The van der Waals surface area contributed by atoms with Crippen LogP contribution in [0.15, 0.2) is 30.3 Å². The van der Waals surface area contributed by atoms with Crippen molar-refractivity contribution < 1.29 is 5.11 Å². The molecule has 0 spiro atoms. The molecule has 0 atom stereocenters. The minimum absolute atomic E-state index is 0.148. The van der Waals surface area contributed by atoms with Crippen molar-refractivity contribution in [3.05, 3.63) is 46.1 Å². The number of rotatable bonds is 2. The quantitative estimate of drug-likeness (QED) is 0.823. The second kappa shape index (κ2) is 5.91. The van der Waals surface area contributed by atoms with E-state index in [2.05, 4.69) is 9.97 Å². The van der Waals surface area contributed by atoms with Crippen molar-refractivity contribution in [2.45, 2.75) is 18.4 Å². The Balaban J connectivity index is 1.79. The molecule has 0 radical (unpaired) electrons. The van der Waals surface area contributed by atoms with Crippen molar-refractivity contribution in [1.82, 2.24) is 9.97 Å². The monoisotopic (exact) mass is 338 g/mol. The number of aromatic nitrogens is 2. The second-order valence-electron chi connectivity index (χ2n) is 5.41. The van der Waals surface area contributed by atoms with Crippen molar-refractivity contribution in [2.75, 3.05) is 23.7 Å². The van der Waals surface area contributed by atoms with Crippen LogP contribution < -0.4 is 10.6 Å². The maximum absolute atomic E-state index is 10.9. The van der Waals surface area contributed by atoms with Gasteiger partial charge in [-0.2, -0.15) is 4.98 Å². The molecule has 22 heavy (non-hydrogen) atoms. The number of hydrogen-bond donors (Lipinski definition) is 2. The molecule has 1 aliphatic rings. The van der Waals surface area contributed by atoms with Gasteiger partial charge in [0.15, 0.2) is 0 Å². The van der Waals surface area contributed by atoms with E-state index >= 15 is 0 Å². The van der Waals surface area contributed by atoms with Crippen molar-refractivity contribution >= 4 is 35.0 Å². The highest BCUT2D eigenvalue weighted by atomic mass is 35.5. The molecule has 1 aromatic heterocycles. The molecule has 0 aliphatic carbocycles. The average Bonchev–Trinajstić information content (AvgIpc) is 2.47. The SMILES string of the molecule is Nc1nc(Cl)cc(N2CCC(O)(c3ccccc3Cl)CC2)n1. The molecule has 5 nitrogen and oxygen atoms in total. The molecule has 1 saturated heterocycles. The summed E-state index contributed by atoms with van der Waals surface area (Å²) in [6.07, 6.45) is 1.11. The van der Waals surface area contributed by atoms with E-state index in [0.29, 0.717) is 41.9 Å². The fourth-order valence-corrected chi connectivity index (χ4v) is 3.29. The van der Waals surface area contributed by atoms with Crippen LogP contribution in [0, 0.1) is 0 Å². The lowest BCUT2D eigenvalue weighted by Crippen LogP contribution is -2.43. The Morgan fingerprint density at radius 2 is 1.82 bits per heavy atom. The molecule has 3 rings (SSSR count). The maximum atomic E-state index is 10.9. The molecular formula is C15H16Cl2N4O. The summed E-state index contributed by atoms with van der Waals surface area (Å²) in [5.41, 5.74) is 5.49. The zero-order valence-electron chi connectivity index (χ0n) is 11.8.